The molecule has 0 bridgehead atoms. The number of anilines is 1. The van der Waals surface area contributed by atoms with Crippen molar-refractivity contribution in [2.45, 2.75) is 26.9 Å². The predicted octanol–water partition coefficient (Wildman–Crippen LogP) is 4.92. The van der Waals surface area contributed by atoms with Crippen LogP contribution in [0.15, 0.2) is 30.5 Å². The maximum absolute atomic E-state index is 14.9. The number of hydrogen-bond donors (Lipinski definition) is 0. The molecule has 0 amide bonds. The summed E-state index contributed by atoms with van der Waals surface area (Å²) in [6, 6.07) is 5.86. The van der Waals surface area contributed by atoms with Crippen LogP contribution in [0, 0.1) is 32.4 Å². The van der Waals surface area contributed by atoms with E-state index in [1.54, 1.807) is 13.1 Å². The molecule has 5 rings (SSSR count). The number of pyridine rings is 1. The Morgan fingerprint density at radius 3 is 2.59 bits per heavy atom. The van der Waals surface area contributed by atoms with E-state index in [0.29, 0.717) is 48.2 Å². The molecular weight excluding hydrogens is 462 g/mol. The summed E-state index contributed by atoms with van der Waals surface area (Å²) in [4.78, 5) is 24.6. The molecule has 3 aromatic heterocycles. The number of rotatable bonds is 3. The zero-order valence-electron chi connectivity index (χ0n) is 18.8. The summed E-state index contributed by atoms with van der Waals surface area (Å²) in [6.07, 6.45) is 1.53. The van der Waals surface area contributed by atoms with Gasteiger partial charge in [-0.05, 0) is 50.6 Å². The summed E-state index contributed by atoms with van der Waals surface area (Å²) in [7, 11) is 0. The van der Waals surface area contributed by atoms with Crippen molar-refractivity contribution in [1.82, 2.24) is 24.9 Å². The van der Waals surface area contributed by atoms with Gasteiger partial charge in [0.25, 0.3) is 0 Å². The van der Waals surface area contributed by atoms with Crippen molar-refractivity contribution >= 4 is 28.7 Å². The Kier molecular flexibility index (Phi) is 5.83. The van der Waals surface area contributed by atoms with Gasteiger partial charge in [0.2, 0.25) is 5.95 Å². The lowest BCUT2D eigenvalue weighted by molar-refractivity contribution is 0.0391. The van der Waals surface area contributed by atoms with E-state index in [2.05, 4.69) is 24.9 Å². The van der Waals surface area contributed by atoms with Gasteiger partial charge in [-0.15, -0.1) is 0 Å². The Morgan fingerprint density at radius 1 is 1.00 bits per heavy atom. The quantitative estimate of drug-likeness (QED) is 0.384. The number of benzene rings is 1. The molecule has 1 atom stereocenters. The molecule has 1 aliphatic rings. The molecule has 1 aromatic carbocycles. The number of aryl methyl sites for hydroxylation is 3. The summed E-state index contributed by atoms with van der Waals surface area (Å²) in [5.41, 5.74) is 3.94. The van der Waals surface area contributed by atoms with E-state index < -0.39 is 11.6 Å². The van der Waals surface area contributed by atoms with Gasteiger partial charge < -0.3 is 9.64 Å². The minimum absolute atomic E-state index is 0.0531. The largest absolute Gasteiger partial charge is 0.370 e. The van der Waals surface area contributed by atoms with Gasteiger partial charge in [-0.25, -0.2) is 23.7 Å². The highest BCUT2D eigenvalue weighted by Crippen LogP contribution is 2.33. The van der Waals surface area contributed by atoms with Crippen molar-refractivity contribution < 1.29 is 13.5 Å². The Morgan fingerprint density at radius 2 is 1.79 bits per heavy atom. The number of nitrogens with zero attached hydrogens (tertiary/aromatic N) is 6. The first-order valence-corrected chi connectivity index (χ1v) is 11.1. The van der Waals surface area contributed by atoms with Crippen LogP contribution in [0.1, 0.15) is 28.7 Å². The third-order valence-electron chi connectivity index (χ3n) is 5.84. The highest BCUT2D eigenvalue weighted by molar-refractivity contribution is 6.30. The minimum atomic E-state index is -0.748. The number of halogens is 3. The lowest BCUT2D eigenvalue weighted by atomic mass is 10.1. The molecule has 0 N–H and O–H groups in total. The predicted molar refractivity (Wildman–Crippen MR) is 125 cm³/mol. The SMILES string of the molecule is Cc1cc([C@H]2CN(c3nc(-c4cc(F)c(Cl)cc4F)c4nc(C)c(C)nc4n3)CCO2)ccn1. The molecular formula is C24H21ClF2N6O. The van der Waals surface area contributed by atoms with Gasteiger partial charge >= 0.3 is 0 Å². The Labute approximate surface area is 199 Å². The van der Waals surface area contributed by atoms with Crippen LogP contribution in [0.4, 0.5) is 14.7 Å². The number of morpholine rings is 1. The summed E-state index contributed by atoms with van der Waals surface area (Å²) in [5, 5.41) is -0.304. The van der Waals surface area contributed by atoms with Crippen LogP contribution in [-0.2, 0) is 4.74 Å². The average molecular weight is 483 g/mol. The van der Waals surface area contributed by atoms with Crippen LogP contribution >= 0.6 is 11.6 Å². The number of fused-ring (bicyclic) bond motifs is 1. The van der Waals surface area contributed by atoms with Crippen molar-refractivity contribution in [2.75, 3.05) is 24.6 Å². The van der Waals surface area contributed by atoms with Crippen LogP contribution in [0.2, 0.25) is 5.02 Å². The molecule has 0 spiro atoms. The fourth-order valence-electron chi connectivity index (χ4n) is 3.93. The lowest BCUT2D eigenvalue weighted by Gasteiger charge is -2.33. The van der Waals surface area contributed by atoms with E-state index in [4.69, 9.17) is 16.3 Å². The van der Waals surface area contributed by atoms with Crippen LogP contribution in [0.3, 0.4) is 0 Å². The minimum Gasteiger partial charge on any atom is -0.370 e. The smallest absolute Gasteiger partial charge is 0.228 e. The van der Waals surface area contributed by atoms with E-state index in [1.165, 1.54) is 0 Å². The Balaban J connectivity index is 1.64. The first kappa shape index (κ1) is 22.5. The second-order valence-electron chi connectivity index (χ2n) is 8.22. The normalized spacial score (nSPS) is 16.3. The fourth-order valence-corrected chi connectivity index (χ4v) is 4.08. The molecule has 0 unspecified atom stereocenters. The fraction of sp³-hybridized carbons (Fsp3) is 0.292. The molecule has 0 aliphatic carbocycles. The van der Waals surface area contributed by atoms with Gasteiger partial charge in [0.15, 0.2) is 5.65 Å². The van der Waals surface area contributed by atoms with Gasteiger partial charge in [0, 0.05) is 24.0 Å². The molecule has 1 fully saturated rings. The molecule has 4 aromatic rings. The van der Waals surface area contributed by atoms with E-state index in [0.717, 1.165) is 23.4 Å². The third-order valence-corrected chi connectivity index (χ3v) is 6.13. The zero-order chi connectivity index (χ0) is 24.0. The van der Waals surface area contributed by atoms with Crippen LogP contribution in [0.25, 0.3) is 22.4 Å². The van der Waals surface area contributed by atoms with Gasteiger partial charge in [-0.1, -0.05) is 11.6 Å². The third kappa shape index (κ3) is 4.17. The Bertz CT molecular complexity index is 1420. The average Bonchev–Trinajstić information content (AvgIpc) is 2.82. The van der Waals surface area contributed by atoms with Gasteiger partial charge in [-0.2, -0.15) is 4.98 Å². The molecule has 34 heavy (non-hydrogen) atoms. The number of hydrogen-bond acceptors (Lipinski definition) is 7. The van der Waals surface area contributed by atoms with Crippen LogP contribution < -0.4 is 4.90 Å². The second kappa shape index (κ2) is 8.81. The summed E-state index contributed by atoms with van der Waals surface area (Å²) < 4.78 is 35.2. The Hall–Kier alpha value is -3.30. The number of aromatic nitrogens is 5. The second-order valence-corrected chi connectivity index (χ2v) is 8.63. The monoisotopic (exact) mass is 482 g/mol. The number of ether oxygens (including phenoxy) is 1. The van der Waals surface area contributed by atoms with E-state index in [9.17, 15) is 8.78 Å². The van der Waals surface area contributed by atoms with E-state index in [-0.39, 0.29) is 22.4 Å². The molecule has 10 heteroatoms. The van der Waals surface area contributed by atoms with Crippen LogP contribution in [0.5, 0.6) is 0 Å². The standard InChI is InChI=1S/C24H21ClF2N6O/c1-12-8-15(4-5-28-12)20-11-33(6-7-34-20)24-31-21(16-9-19(27)17(25)10-18(16)26)22-23(32-24)30-14(3)13(2)29-22/h4-5,8-10,20H,6-7,11H2,1-3H3/t20-/m1/s1. The first-order chi connectivity index (χ1) is 16.3. The molecule has 0 radical (unpaired) electrons. The molecule has 1 saturated heterocycles. The first-order valence-electron chi connectivity index (χ1n) is 10.8. The lowest BCUT2D eigenvalue weighted by Crippen LogP contribution is -2.39. The van der Waals surface area contributed by atoms with E-state index in [1.807, 2.05) is 30.9 Å². The molecule has 1 aliphatic heterocycles. The highest BCUT2D eigenvalue weighted by atomic mass is 35.5. The topological polar surface area (TPSA) is 76.9 Å². The van der Waals surface area contributed by atoms with Gasteiger partial charge in [-0.3, -0.25) is 4.98 Å². The summed E-state index contributed by atoms with van der Waals surface area (Å²) in [5.74, 6) is -1.11. The van der Waals surface area contributed by atoms with Crippen molar-refractivity contribution in [1.29, 1.82) is 0 Å². The van der Waals surface area contributed by atoms with Gasteiger partial charge in [0.1, 0.15) is 28.9 Å². The highest BCUT2D eigenvalue weighted by Gasteiger charge is 2.26. The maximum atomic E-state index is 14.9. The molecule has 174 valence electrons. The van der Waals surface area contributed by atoms with Gasteiger partial charge in [0.05, 0.1) is 29.6 Å². The molecule has 7 nitrogen and oxygen atoms in total. The van der Waals surface area contributed by atoms with E-state index >= 15 is 0 Å². The van der Waals surface area contributed by atoms with Crippen molar-refractivity contribution in [2.24, 2.45) is 0 Å². The summed E-state index contributed by atoms with van der Waals surface area (Å²) in [6.45, 7) is 6.99. The van der Waals surface area contributed by atoms with Crippen molar-refractivity contribution in [3.63, 3.8) is 0 Å². The maximum Gasteiger partial charge on any atom is 0.228 e. The van der Waals surface area contributed by atoms with Crippen molar-refractivity contribution in [3.8, 4) is 11.3 Å². The summed E-state index contributed by atoms with van der Waals surface area (Å²) >= 11 is 5.77. The van der Waals surface area contributed by atoms with Crippen LogP contribution in [-0.4, -0.2) is 44.6 Å². The van der Waals surface area contributed by atoms with Crippen molar-refractivity contribution in [3.05, 3.63) is 69.8 Å². The molecule has 0 saturated carbocycles. The zero-order valence-corrected chi connectivity index (χ0v) is 19.6. The molecule has 4 heterocycles.